The Morgan fingerprint density at radius 2 is 2.15 bits per heavy atom. The molecule has 106 valence electrons. The summed E-state index contributed by atoms with van der Waals surface area (Å²) in [7, 11) is 1.94. The molecule has 3 aromatic heterocycles. The van der Waals surface area contributed by atoms with Crippen LogP contribution in [0.25, 0.3) is 11.2 Å². The van der Waals surface area contributed by atoms with Gasteiger partial charge in [0.05, 0.1) is 5.69 Å². The van der Waals surface area contributed by atoms with Crippen LogP contribution in [-0.4, -0.2) is 29.1 Å². The Bertz CT molecular complexity index is 705. The molecule has 20 heavy (non-hydrogen) atoms. The molecule has 0 aliphatic rings. The van der Waals surface area contributed by atoms with Crippen molar-refractivity contribution < 1.29 is 0 Å². The van der Waals surface area contributed by atoms with Crippen LogP contribution in [0.5, 0.6) is 0 Å². The van der Waals surface area contributed by atoms with E-state index >= 15 is 0 Å². The van der Waals surface area contributed by atoms with Crippen LogP contribution in [0.1, 0.15) is 19.0 Å². The number of nitrogen functional groups attached to an aromatic ring is 1. The summed E-state index contributed by atoms with van der Waals surface area (Å²) in [5.41, 5.74) is 8.96. The monoisotopic (exact) mass is 273 g/mol. The highest BCUT2D eigenvalue weighted by Crippen LogP contribution is 2.21. The quantitative estimate of drug-likeness (QED) is 0.757. The minimum absolute atomic E-state index is 0.558. The van der Waals surface area contributed by atoms with Crippen molar-refractivity contribution in [3.63, 3.8) is 0 Å². The molecule has 7 heteroatoms. The van der Waals surface area contributed by atoms with E-state index in [1.54, 1.807) is 6.20 Å². The van der Waals surface area contributed by atoms with Crippen LogP contribution in [0.3, 0.4) is 0 Å². The molecule has 0 atom stereocenters. The fraction of sp³-hybridized carbons (Fsp3) is 0.462. The van der Waals surface area contributed by atoms with E-state index in [0.717, 1.165) is 42.8 Å². The average Bonchev–Trinajstić information content (AvgIpc) is 3.10. The van der Waals surface area contributed by atoms with Crippen molar-refractivity contribution in [1.29, 1.82) is 0 Å². The van der Waals surface area contributed by atoms with Crippen molar-refractivity contribution in [1.82, 2.24) is 29.1 Å². The molecule has 0 fully saturated rings. The van der Waals surface area contributed by atoms with Gasteiger partial charge in [-0.1, -0.05) is 6.92 Å². The summed E-state index contributed by atoms with van der Waals surface area (Å²) < 4.78 is 5.82. The molecule has 2 N–H and O–H groups in total. The van der Waals surface area contributed by atoms with Gasteiger partial charge in [0, 0.05) is 32.5 Å². The minimum Gasteiger partial charge on any atom is -0.369 e. The number of aromatic nitrogens is 6. The van der Waals surface area contributed by atoms with Gasteiger partial charge in [0.15, 0.2) is 5.65 Å². The highest BCUT2D eigenvalue weighted by atomic mass is 15.3. The lowest BCUT2D eigenvalue weighted by atomic mass is 10.3. The van der Waals surface area contributed by atoms with Crippen molar-refractivity contribution in [2.75, 3.05) is 5.73 Å². The molecule has 0 aliphatic carbocycles. The maximum Gasteiger partial charge on any atom is 0.202 e. The third-order valence-electron chi connectivity index (χ3n) is 3.48. The summed E-state index contributed by atoms with van der Waals surface area (Å²) in [5.74, 6) is 0.558. The molecule has 0 amide bonds. The van der Waals surface area contributed by atoms with Gasteiger partial charge in [0.1, 0.15) is 5.52 Å². The second kappa shape index (κ2) is 4.99. The lowest BCUT2D eigenvalue weighted by molar-refractivity contribution is 0.530. The van der Waals surface area contributed by atoms with Gasteiger partial charge in [-0.3, -0.25) is 13.9 Å². The molecule has 0 spiro atoms. The van der Waals surface area contributed by atoms with Crippen molar-refractivity contribution in [2.45, 2.75) is 32.9 Å². The number of hydrogen-bond acceptors (Lipinski definition) is 4. The van der Waals surface area contributed by atoms with Crippen LogP contribution in [-0.2, 0) is 26.6 Å². The molecule has 0 radical (unpaired) electrons. The first-order chi connectivity index (χ1) is 9.70. The van der Waals surface area contributed by atoms with E-state index in [1.165, 1.54) is 0 Å². The van der Waals surface area contributed by atoms with Gasteiger partial charge in [-0.05, 0) is 18.9 Å². The minimum atomic E-state index is 0.558. The highest BCUT2D eigenvalue weighted by Gasteiger charge is 2.16. The van der Waals surface area contributed by atoms with Crippen molar-refractivity contribution in [3.05, 3.63) is 24.2 Å². The summed E-state index contributed by atoms with van der Waals surface area (Å²) in [6.07, 6.45) is 5.57. The van der Waals surface area contributed by atoms with E-state index in [9.17, 15) is 0 Å². The topological polar surface area (TPSA) is 79.5 Å². The largest absolute Gasteiger partial charge is 0.369 e. The number of anilines is 1. The van der Waals surface area contributed by atoms with E-state index in [-0.39, 0.29) is 0 Å². The van der Waals surface area contributed by atoms with Gasteiger partial charge in [-0.15, -0.1) is 0 Å². The summed E-state index contributed by atoms with van der Waals surface area (Å²) in [4.78, 5) is 4.46. The first-order valence-electron chi connectivity index (χ1n) is 6.85. The van der Waals surface area contributed by atoms with Crippen molar-refractivity contribution in [3.8, 4) is 0 Å². The average molecular weight is 273 g/mol. The van der Waals surface area contributed by atoms with Crippen LogP contribution in [0.4, 0.5) is 5.95 Å². The van der Waals surface area contributed by atoms with Crippen molar-refractivity contribution >= 4 is 17.1 Å². The van der Waals surface area contributed by atoms with E-state index in [4.69, 9.17) is 5.73 Å². The maximum absolute atomic E-state index is 6.04. The number of imidazole rings is 1. The number of aryl methyl sites for hydroxylation is 4. The summed E-state index contributed by atoms with van der Waals surface area (Å²) in [6.45, 7) is 3.75. The summed E-state index contributed by atoms with van der Waals surface area (Å²) >= 11 is 0. The van der Waals surface area contributed by atoms with Gasteiger partial charge in [-0.2, -0.15) is 10.2 Å². The molecular formula is C13H19N7. The van der Waals surface area contributed by atoms with Gasteiger partial charge in [0.25, 0.3) is 0 Å². The Labute approximate surface area is 117 Å². The molecule has 3 aromatic rings. The molecule has 0 bridgehead atoms. The lowest BCUT2D eigenvalue weighted by Gasteiger charge is -2.07. The molecule has 3 heterocycles. The fourth-order valence-electron chi connectivity index (χ4n) is 2.54. The van der Waals surface area contributed by atoms with Crippen LogP contribution in [0.15, 0.2) is 18.5 Å². The predicted molar refractivity (Wildman–Crippen MR) is 77.1 cm³/mol. The summed E-state index contributed by atoms with van der Waals surface area (Å²) in [6, 6.07) is 1.93. The molecule has 7 nitrogen and oxygen atoms in total. The van der Waals surface area contributed by atoms with Crippen LogP contribution in [0, 0.1) is 0 Å². The molecule has 0 saturated carbocycles. The molecular weight excluding hydrogens is 254 g/mol. The second-order valence-corrected chi connectivity index (χ2v) is 4.84. The zero-order valence-corrected chi connectivity index (χ0v) is 11.8. The second-order valence-electron chi connectivity index (χ2n) is 4.84. The number of nitrogens with zero attached hydrogens (tertiary/aromatic N) is 6. The Hall–Kier alpha value is -2.31. The van der Waals surface area contributed by atoms with Crippen LogP contribution >= 0.6 is 0 Å². The third-order valence-corrected chi connectivity index (χ3v) is 3.48. The molecule has 3 rings (SSSR count). The van der Waals surface area contributed by atoms with E-state index in [2.05, 4.69) is 22.1 Å². The number of rotatable bonds is 5. The Balaban J connectivity index is 1.83. The zero-order valence-electron chi connectivity index (χ0n) is 11.8. The van der Waals surface area contributed by atoms with Gasteiger partial charge >= 0.3 is 0 Å². The molecule has 0 unspecified atom stereocenters. The third kappa shape index (κ3) is 2.04. The predicted octanol–water partition coefficient (Wildman–Crippen LogP) is 1.20. The van der Waals surface area contributed by atoms with E-state index in [1.807, 2.05) is 33.2 Å². The first-order valence-corrected chi connectivity index (χ1v) is 6.85. The fourth-order valence-corrected chi connectivity index (χ4v) is 2.54. The molecule has 0 aliphatic heterocycles. The smallest absolute Gasteiger partial charge is 0.202 e. The van der Waals surface area contributed by atoms with Crippen LogP contribution in [0.2, 0.25) is 0 Å². The normalized spacial score (nSPS) is 11.5. The Kier molecular flexibility index (Phi) is 3.17. The molecule has 0 aromatic carbocycles. The SMILES string of the molecule is CCc1nn(C)c2c1nc(N)n2CCCn1cccn1. The number of fused-ring (bicyclic) bond motifs is 1. The van der Waals surface area contributed by atoms with Crippen molar-refractivity contribution in [2.24, 2.45) is 7.05 Å². The van der Waals surface area contributed by atoms with Crippen LogP contribution < -0.4 is 5.73 Å². The summed E-state index contributed by atoms with van der Waals surface area (Å²) in [5, 5.41) is 8.69. The number of nitrogens with two attached hydrogens (primary N) is 1. The lowest BCUT2D eigenvalue weighted by Crippen LogP contribution is -2.09. The highest BCUT2D eigenvalue weighted by molar-refractivity contribution is 5.77. The Morgan fingerprint density at radius 3 is 2.85 bits per heavy atom. The van der Waals surface area contributed by atoms with E-state index < -0.39 is 0 Å². The van der Waals surface area contributed by atoms with E-state index in [0.29, 0.717) is 5.95 Å². The molecule has 0 saturated heterocycles. The maximum atomic E-state index is 6.04. The zero-order chi connectivity index (χ0) is 14.1. The number of hydrogen-bond donors (Lipinski definition) is 1. The Morgan fingerprint density at radius 1 is 1.30 bits per heavy atom. The standard InChI is InChI=1S/C13H19N7/c1-3-10-11-12(18(2)17-10)20(13(14)16-11)9-5-8-19-7-4-6-15-19/h4,6-7H,3,5,8-9H2,1-2H3,(H2,14,16). The van der Waals surface area contributed by atoms with Gasteiger partial charge < -0.3 is 5.73 Å². The van der Waals surface area contributed by atoms with Gasteiger partial charge in [-0.25, -0.2) is 4.98 Å². The first kappa shape index (κ1) is 12.7. The van der Waals surface area contributed by atoms with Gasteiger partial charge in [0.2, 0.25) is 5.95 Å².